The van der Waals surface area contributed by atoms with Crippen LogP contribution >= 0.6 is 11.6 Å². The Labute approximate surface area is 150 Å². The molecule has 1 aliphatic rings. The van der Waals surface area contributed by atoms with E-state index in [0.29, 0.717) is 10.9 Å². The molecule has 0 saturated carbocycles. The monoisotopic (exact) mass is 356 g/mol. The van der Waals surface area contributed by atoms with Crippen LogP contribution in [0.25, 0.3) is 0 Å². The minimum absolute atomic E-state index is 0.266. The molecule has 0 saturated heterocycles. The number of halogens is 1. The summed E-state index contributed by atoms with van der Waals surface area (Å²) in [5.41, 5.74) is 8.42. The van der Waals surface area contributed by atoms with Crippen LogP contribution in [0.2, 0.25) is 5.02 Å². The minimum atomic E-state index is -0.571. The molecular weight excluding hydrogens is 340 g/mol. The molecule has 1 amide bonds. The number of hydrazine groups is 1. The van der Waals surface area contributed by atoms with Gasteiger partial charge < -0.3 is 4.74 Å². The summed E-state index contributed by atoms with van der Waals surface area (Å²) in [5, 5.41) is 0.622. The predicted molar refractivity (Wildman–Crippen MR) is 98.8 cm³/mol. The van der Waals surface area contributed by atoms with Crippen molar-refractivity contribution in [3.05, 3.63) is 64.7 Å². The minimum Gasteiger partial charge on any atom is -0.449 e. The fraction of sp³-hybridized carbons (Fsp3) is 0.167. The third kappa shape index (κ3) is 3.97. The lowest BCUT2D eigenvalue weighted by Crippen LogP contribution is -2.43. The maximum absolute atomic E-state index is 11.4. The van der Waals surface area contributed by atoms with Gasteiger partial charge in [-0.2, -0.15) is 0 Å². The van der Waals surface area contributed by atoms with E-state index in [0.717, 1.165) is 22.5 Å². The highest BCUT2D eigenvalue weighted by Gasteiger charge is 2.17. The maximum Gasteiger partial charge on any atom is 0.425 e. The normalized spacial score (nSPS) is 13.0. The third-order valence-corrected chi connectivity index (χ3v) is 3.84. The number of benzene rings is 2. The number of para-hydroxylation sites is 1. The lowest BCUT2D eigenvalue weighted by molar-refractivity contribution is 0.150. The van der Waals surface area contributed by atoms with Gasteiger partial charge in [-0.3, -0.25) is 10.4 Å². The van der Waals surface area contributed by atoms with Gasteiger partial charge in [0.25, 0.3) is 0 Å². The summed E-state index contributed by atoms with van der Waals surface area (Å²) in [5.74, 6) is 0.502. The number of rotatable bonds is 2. The second-order valence-corrected chi connectivity index (χ2v) is 5.60. The molecule has 128 valence electrons. The van der Waals surface area contributed by atoms with Gasteiger partial charge in [0, 0.05) is 16.1 Å². The molecule has 0 unspecified atom stereocenters. The van der Waals surface area contributed by atoms with Crippen LogP contribution < -0.4 is 10.9 Å². The molecule has 0 radical (unpaired) electrons. The van der Waals surface area contributed by atoms with Crippen molar-refractivity contribution in [2.24, 2.45) is 9.98 Å². The van der Waals surface area contributed by atoms with Crippen molar-refractivity contribution in [1.82, 2.24) is 10.9 Å². The number of carbonyl (C=O) groups excluding carboxylic acids is 1. The number of ether oxygens (including phenoxy) is 1. The SMILES string of the molecule is CCOC(=O)NNC1=Nc2ccccc2C(c2ccccc2Cl)=NC1. The zero-order valence-corrected chi connectivity index (χ0v) is 14.4. The Morgan fingerprint density at radius 1 is 1.16 bits per heavy atom. The van der Waals surface area contributed by atoms with E-state index in [-0.39, 0.29) is 13.2 Å². The van der Waals surface area contributed by atoms with Crippen LogP contribution in [0.1, 0.15) is 18.1 Å². The highest BCUT2D eigenvalue weighted by atomic mass is 35.5. The standard InChI is InChI=1S/C18H17ClN4O2/c1-2-25-18(24)23-22-16-11-20-17(12-7-3-5-9-14(12)19)13-8-4-6-10-15(13)21-16/h3-10H,2,11H2,1H3,(H,21,22)(H,23,24). The number of carbonyl (C=O) groups is 1. The van der Waals surface area contributed by atoms with Gasteiger partial charge in [0.05, 0.1) is 24.6 Å². The van der Waals surface area contributed by atoms with E-state index >= 15 is 0 Å². The Hall–Kier alpha value is -2.86. The summed E-state index contributed by atoms with van der Waals surface area (Å²) in [6, 6.07) is 15.2. The number of aliphatic imine (C=N–C) groups is 2. The highest BCUT2D eigenvalue weighted by molar-refractivity contribution is 6.36. The van der Waals surface area contributed by atoms with E-state index in [1.54, 1.807) is 6.92 Å². The Bertz CT molecular complexity index is 848. The largest absolute Gasteiger partial charge is 0.449 e. The first-order valence-electron chi connectivity index (χ1n) is 7.84. The molecule has 0 atom stereocenters. The molecule has 0 bridgehead atoms. The highest BCUT2D eigenvalue weighted by Crippen LogP contribution is 2.27. The molecule has 3 rings (SSSR count). The topological polar surface area (TPSA) is 75.1 Å². The first-order valence-corrected chi connectivity index (χ1v) is 8.22. The average Bonchev–Trinajstić information content (AvgIpc) is 2.80. The fourth-order valence-corrected chi connectivity index (χ4v) is 2.66. The van der Waals surface area contributed by atoms with Crippen LogP contribution in [-0.2, 0) is 4.74 Å². The van der Waals surface area contributed by atoms with Gasteiger partial charge in [-0.05, 0) is 19.1 Å². The van der Waals surface area contributed by atoms with Gasteiger partial charge >= 0.3 is 6.09 Å². The smallest absolute Gasteiger partial charge is 0.425 e. The van der Waals surface area contributed by atoms with Crippen LogP contribution in [0.3, 0.4) is 0 Å². The fourth-order valence-electron chi connectivity index (χ4n) is 2.43. The molecule has 2 aromatic rings. The summed E-state index contributed by atoms with van der Waals surface area (Å²) < 4.78 is 4.82. The van der Waals surface area contributed by atoms with Crippen LogP contribution in [0.15, 0.2) is 58.5 Å². The van der Waals surface area contributed by atoms with E-state index < -0.39 is 6.09 Å². The zero-order valence-electron chi connectivity index (χ0n) is 13.6. The van der Waals surface area contributed by atoms with Gasteiger partial charge in [-0.15, -0.1) is 0 Å². The molecule has 0 aliphatic carbocycles. The van der Waals surface area contributed by atoms with Crippen LogP contribution in [0.5, 0.6) is 0 Å². The van der Waals surface area contributed by atoms with E-state index in [9.17, 15) is 4.79 Å². The van der Waals surface area contributed by atoms with Crippen LogP contribution in [-0.4, -0.2) is 30.8 Å². The summed E-state index contributed by atoms with van der Waals surface area (Å²) in [6.45, 7) is 2.29. The second kappa shape index (κ2) is 7.81. The van der Waals surface area contributed by atoms with Crippen molar-refractivity contribution < 1.29 is 9.53 Å². The van der Waals surface area contributed by atoms with Gasteiger partial charge in [0.2, 0.25) is 0 Å². The second-order valence-electron chi connectivity index (χ2n) is 5.19. The Kier molecular flexibility index (Phi) is 5.30. The van der Waals surface area contributed by atoms with Crippen molar-refractivity contribution >= 4 is 34.9 Å². The lowest BCUT2D eigenvalue weighted by atomic mass is 10.0. The number of amidine groups is 1. The molecule has 1 heterocycles. The van der Waals surface area contributed by atoms with E-state index in [4.69, 9.17) is 16.3 Å². The number of nitrogens with one attached hydrogen (secondary N) is 2. The summed E-state index contributed by atoms with van der Waals surface area (Å²) in [7, 11) is 0. The van der Waals surface area contributed by atoms with E-state index in [1.807, 2.05) is 48.5 Å². The van der Waals surface area contributed by atoms with Crippen molar-refractivity contribution in [3.8, 4) is 0 Å². The Morgan fingerprint density at radius 2 is 1.88 bits per heavy atom. The van der Waals surface area contributed by atoms with Crippen molar-refractivity contribution in [3.63, 3.8) is 0 Å². The van der Waals surface area contributed by atoms with Crippen LogP contribution in [0, 0.1) is 0 Å². The quantitative estimate of drug-likeness (QED) is 0.809. The molecule has 2 aromatic carbocycles. The predicted octanol–water partition coefficient (Wildman–Crippen LogP) is 3.47. The van der Waals surface area contributed by atoms with E-state index in [1.165, 1.54) is 0 Å². The Balaban J connectivity index is 1.92. The first-order chi connectivity index (χ1) is 12.2. The Morgan fingerprint density at radius 3 is 2.64 bits per heavy atom. The zero-order chi connectivity index (χ0) is 17.6. The first kappa shape index (κ1) is 17.0. The molecular formula is C18H17ClN4O2. The van der Waals surface area contributed by atoms with Crippen molar-refractivity contribution in [2.75, 3.05) is 13.2 Å². The maximum atomic E-state index is 11.4. The number of fused-ring (bicyclic) bond motifs is 1. The van der Waals surface area contributed by atoms with Crippen LogP contribution in [0.4, 0.5) is 10.5 Å². The van der Waals surface area contributed by atoms with Gasteiger partial charge in [0.1, 0.15) is 5.84 Å². The number of amides is 1. The molecule has 7 heteroatoms. The molecule has 6 nitrogen and oxygen atoms in total. The molecule has 1 aliphatic heterocycles. The molecule has 0 aromatic heterocycles. The summed E-state index contributed by atoms with van der Waals surface area (Å²) in [6.07, 6.45) is -0.571. The summed E-state index contributed by atoms with van der Waals surface area (Å²) >= 11 is 6.34. The van der Waals surface area contributed by atoms with Crippen molar-refractivity contribution in [2.45, 2.75) is 6.92 Å². The van der Waals surface area contributed by atoms with Gasteiger partial charge in [0.15, 0.2) is 0 Å². The number of hydrogen-bond acceptors (Lipinski definition) is 5. The molecule has 0 spiro atoms. The van der Waals surface area contributed by atoms with Gasteiger partial charge in [-0.1, -0.05) is 48.0 Å². The van der Waals surface area contributed by atoms with Crippen molar-refractivity contribution in [1.29, 1.82) is 0 Å². The molecule has 0 fully saturated rings. The number of nitrogens with zero attached hydrogens (tertiary/aromatic N) is 2. The molecule has 2 N–H and O–H groups in total. The van der Waals surface area contributed by atoms with E-state index in [2.05, 4.69) is 20.8 Å². The summed E-state index contributed by atoms with van der Waals surface area (Å²) in [4.78, 5) is 20.6. The van der Waals surface area contributed by atoms with Gasteiger partial charge in [-0.25, -0.2) is 15.2 Å². The molecule has 25 heavy (non-hydrogen) atoms. The third-order valence-electron chi connectivity index (χ3n) is 3.51. The number of hydrogen-bond donors (Lipinski definition) is 2. The average molecular weight is 357 g/mol. The lowest BCUT2D eigenvalue weighted by Gasteiger charge is -2.09.